The van der Waals surface area contributed by atoms with Gasteiger partial charge in [-0.25, -0.2) is 40.1 Å². The smallest absolute Gasteiger partial charge is 0.335 e. The maximum atomic E-state index is 15.0. The minimum absolute atomic E-state index is 0.0494. The van der Waals surface area contributed by atoms with E-state index in [0.29, 0.717) is 5.56 Å². The van der Waals surface area contributed by atoms with E-state index in [1.807, 2.05) is 39.0 Å². The van der Waals surface area contributed by atoms with Crippen LogP contribution < -0.4 is 9.64 Å². The number of benzene rings is 3. The molecule has 0 spiro atoms. The molecule has 0 atom stereocenters. The number of carbonyl (C=O) groups is 2. The van der Waals surface area contributed by atoms with Crippen LogP contribution in [0.2, 0.25) is 5.15 Å². The van der Waals surface area contributed by atoms with E-state index in [-0.39, 0.29) is 44.7 Å². The van der Waals surface area contributed by atoms with Gasteiger partial charge in [0.1, 0.15) is 10.9 Å². The molecule has 1 aliphatic rings. The molecule has 1 amide bonds. The largest absolute Gasteiger partial charge is 0.495 e. The zero-order valence-corrected chi connectivity index (χ0v) is 30.2. The van der Waals surface area contributed by atoms with Gasteiger partial charge in [0.2, 0.25) is 27.7 Å². The fourth-order valence-electron chi connectivity index (χ4n) is 5.57. The number of rotatable bonds is 12. The molecular formula is C36H32ClF6N3O6S. The molecule has 1 N–H and O–H groups in total. The Morgan fingerprint density at radius 2 is 1.53 bits per heavy atom. The predicted octanol–water partition coefficient (Wildman–Crippen LogP) is 7.88. The Balaban J connectivity index is 1.68. The number of ether oxygens (including phenoxy) is 1. The molecule has 1 heterocycles. The summed E-state index contributed by atoms with van der Waals surface area (Å²) in [5.41, 5.74) is 1.54. The lowest BCUT2D eigenvalue weighted by Gasteiger charge is -2.30. The van der Waals surface area contributed by atoms with Crippen LogP contribution in [0.15, 0.2) is 53.4 Å². The summed E-state index contributed by atoms with van der Waals surface area (Å²) in [6, 6.07) is 11.0. The number of methoxy groups -OCH3 is 1. The van der Waals surface area contributed by atoms with E-state index in [4.69, 9.17) is 16.3 Å². The van der Waals surface area contributed by atoms with Gasteiger partial charge in [0.15, 0.2) is 28.2 Å². The number of aromatic carboxylic acids is 1. The first-order chi connectivity index (χ1) is 24.7. The SMILES string of the molecule is COc1cc(C(=O)O)ccc1N(Cc1cc(C2CC2)cc(C(C)(C)C)c1)C(=O)CN(Cc1ccc(F)nc1Cl)S(=O)(=O)c1c(F)c(F)c(F)c(F)c1F. The van der Waals surface area contributed by atoms with Crippen LogP contribution in [0.5, 0.6) is 5.75 Å². The lowest BCUT2D eigenvalue weighted by atomic mass is 9.84. The molecule has 0 bridgehead atoms. The zero-order valence-electron chi connectivity index (χ0n) is 28.6. The Hall–Kier alpha value is -4.67. The Labute approximate surface area is 305 Å². The first-order valence-electron chi connectivity index (χ1n) is 15.9. The maximum absolute atomic E-state index is 15.0. The van der Waals surface area contributed by atoms with Gasteiger partial charge < -0.3 is 14.7 Å². The number of anilines is 1. The first-order valence-corrected chi connectivity index (χ1v) is 17.7. The first kappa shape index (κ1) is 39.5. The molecule has 0 unspecified atom stereocenters. The van der Waals surface area contributed by atoms with Gasteiger partial charge in [-0.15, -0.1) is 0 Å². The summed E-state index contributed by atoms with van der Waals surface area (Å²) in [7, 11) is -4.61. The van der Waals surface area contributed by atoms with Crippen molar-refractivity contribution in [2.24, 2.45) is 0 Å². The van der Waals surface area contributed by atoms with Crippen molar-refractivity contribution in [1.82, 2.24) is 9.29 Å². The second-order valence-electron chi connectivity index (χ2n) is 13.4. The molecule has 17 heteroatoms. The van der Waals surface area contributed by atoms with Crippen molar-refractivity contribution in [3.63, 3.8) is 0 Å². The van der Waals surface area contributed by atoms with Gasteiger partial charge in [-0.1, -0.05) is 56.6 Å². The van der Waals surface area contributed by atoms with Crippen molar-refractivity contribution >= 4 is 39.2 Å². The van der Waals surface area contributed by atoms with E-state index in [1.54, 1.807) is 0 Å². The second kappa shape index (κ2) is 15.0. The Morgan fingerprint density at radius 3 is 2.08 bits per heavy atom. The highest BCUT2D eigenvalue weighted by molar-refractivity contribution is 7.89. The molecule has 1 fully saturated rings. The van der Waals surface area contributed by atoms with Crippen LogP contribution >= 0.6 is 11.6 Å². The quantitative estimate of drug-likeness (QED) is 0.0673. The summed E-state index contributed by atoms with van der Waals surface area (Å²) in [4.78, 5) is 28.4. The second-order valence-corrected chi connectivity index (χ2v) is 15.6. The van der Waals surface area contributed by atoms with Gasteiger partial charge in [-0.2, -0.15) is 8.70 Å². The van der Waals surface area contributed by atoms with Crippen molar-refractivity contribution in [3.8, 4) is 5.75 Å². The number of aromatic nitrogens is 1. The molecule has 5 rings (SSSR count). The molecule has 0 aliphatic heterocycles. The van der Waals surface area contributed by atoms with Crippen LogP contribution in [0, 0.1) is 35.0 Å². The lowest BCUT2D eigenvalue weighted by molar-refractivity contribution is -0.119. The molecule has 3 aromatic carbocycles. The summed E-state index contributed by atoms with van der Waals surface area (Å²) < 4.78 is 120. The number of carboxylic acid groups (broad SMARTS) is 1. The number of carboxylic acids is 1. The molecule has 4 aromatic rings. The standard InChI is InChI=1S/C36H32ClF6N3O6S/c1-36(2,3)23-12-18(11-22(13-23)19-5-6-19)15-46(24-9-7-20(35(48)49)14-25(24)52-4)27(47)17-45(16-21-8-10-26(38)44-34(21)37)53(50,51)33-31(42)29(40)28(39)30(41)32(33)43/h7-14,19H,5-6,15-17H2,1-4H3,(H,48,49). The molecule has 1 saturated carbocycles. The summed E-state index contributed by atoms with van der Waals surface area (Å²) in [6.45, 7) is 3.31. The van der Waals surface area contributed by atoms with E-state index < -0.39 is 80.1 Å². The minimum atomic E-state index is -5.80. The Bertz CT molecular complexity index is 2200. The molecular weight excluding hydrogens is 752 g/mol. The van der Waals surface area contributed by atoms with Crippen LogP contribution in [0.3, 0.4) is 0 Å². The summed E-state index contributed by atoms with van der Waals surface area (Å²) >= 11 is 6.03. The highest BCUT2D eigenvalue weighted by Gasteiger charge is 2.39. The Morgan fingerprint density at radius 1 is 0.906 bits per heavy atom. The van der Waals surface area contributed by atoms with Gasteiger partial charge in [0, 0.05) is 12.1 Å². The van der Waals surface area contributed by atoms with Crippen LogP contribution in [-0.4, -0.2) is 48.3 Å². The monoisotopic (exact) mass is 783 g/mol. The van der Waals surface area contributed by atoms with Crippen LogP contribution in [-0.2, 0) is 33.3 Å². The van der Waals surface area contributed by atoms with Crippen molar-refractivity contribution in [3.05, 3.63) is 117 Å². The average molecular weight is 784 g/mol. The van der Waals surface area contributed by atoms with Crippen LogP contribution in [0.4, 0.5) is 32.0 Å². The number of nitrogens with zero attached hydrogens (tertiary/aromatic N) is 3. The van der Waals surface area contributed by atoms with E-state index >= 15 is 8.78 Å². The van der Waals surface area contributed by atoms with E-state index in [0.717, 1.165) is 53.1 Å². The van der Waals surface area contributed by atoms with E-state index in [9.17, 15) is 40.7 Å². The zero-order chi connectivity index (χ0) is 39.2. The van der Waals surface area contributed by atoms with Crippen molar-refractivity contribution in [2.45, 2.75) is 62.9 Å². The third-order valence-electron chi connectivity index (χ3n) is 8.61. The number of halogens is 7. The molecule has 0 radical (unpaired) electrons. The molecule has 282 valence electrons. The molecule has 53 heavy (non-hydrogen) atoms. The molecule has 0 saturated heterocycles. The average Bonchev–Trinajstić information content (AvgIpc) is 3.95. The third-order valence-corrected chi connectivity index (χ3v) is 10.7. The normalized spacial score (nSPS) is 13.4. The highest BCUT2D eigenvalue weighted by Crippen LogP contribution is 2.42. The molecule has 1 aromatic heterocycles. The predicted molar refractivity (Wildman–Crippen MR) is 181 cm³/mol. The highest BCUT2D eigenvalue weighted by atomic mass is 35.5. The topological polar surface area (TPSA) is 117 Å². The summed E-state index contributed by atoms with van der Waals surface area (Å²) in [5.74, 6) is -16.5. The van der Waals surface area contributed by atoms with Crippen molar-refractivity contribution in [1.29, 1.82) is 0 Å². The van der Waals surface area contributed by atoms with E-state index in [2.05, 4.69) is 4.98 Å². The van der Waals surface area contributed by atoms with Gasteiger partial charge in [0.05, 0.1) is 31.5 Å². The number of hydrogen-bond donors (Lipinski definition) is 1. The summed E-state index contributed by atoms with van der Waals surface area (Å²) in [5, 5.41) is 8.96. The number of amides is 1. The Kier molecular flexibility index (Phi) is 11.2. The van der Waals surface area contributed by atoms with Gasteiger partial charge in [-0.3, -0.25) is 4.79 Å². The molecule has 9 nitrogen and oxygen atoms in total. The van der Waals surface area contributed by atoms with Gasteiger partial charge in [-0.05, 0) is 65.1 Å². The number of carbonyl (C=O) groups excluding carboxylic acids is 1. The lowest BCUT2D eigenvalue weighted by Crippen LogP contribution is -2.43. The fraction of sp³-hybridized carbons (Fsp3) is 0.306. The number of pyridine rings is 1. The fourth-order valence-corrected chi connectivity index (χ4v) is 7.25. The molecule has 1 aliphatic carbocycles. The van der Waals surface area contributed by atoms with Crippen molar-refractivity contribution in [2.75, 3.05) is 18.6 Å². The van der Waals surface area contributed by atoms with Gasteiger partial charge >= 0.3 is 5.97 Å². The minimum Gasteiger partial charge on any atom is -0.495 e. The number of hydrogen-bond acceptors (Lipinski definition) is 6. The van der Waals surface area contributed by atoms with E-state index in [1.165, 1.54) is 13.2 Å². The van der Waals surface area contributed by atoms with Crippen molar-refractivity contribution < 1.29 is 54.2 Å². The summed E-state index contributed by atoms with van der Waals surface area (Å²) in [6.07, 6.45) is 1.87. The van der Waals surface area contributed by atoms with Gasteiger partial charge in [0.25, 0.3) is 0 Å². The maximum Gasteiger partial charge on any atom is 0.335 e. The number of sulfonamides is 1. The third kappa shape index (κ3) is 8.29. The van der Waals surface area contributed by atoms with Crippen LogP contribution in [0.25, 0.3) is 0 Å². The van der Waals surface area contributed by atoms with Crippen LogP contribution in [0.1, 0.15) is 72.1 Å².